The van der Waals surface area contributed by atoms with Gasteiger partial charge in [-0.25, -0.2) is 0 Å². The van der Waals surface area contributed by atoms with Crippen LogP contribution in [-0.4, -0.2) is 54.8 Å². The first-order chi connectivity index (χ1) is 18.9. The number of nitrogens with one attached hydrogen (secondary N) is 1. The number of hydrogen-bond donors (Lipinski definition) is 1. The summed E-state index contributed by atoms with van der Waals surface area (Å²) in [4.78, 5) is 53.1. The quantitative estimate of drug-likeness (QED) is 0.313. The molecular formula is C30H29N3O6. The van der Waals surface area contributed by atoms with Crippen LogP contribution in [0.1, 0.15) is 45.5 Å². The minimum Gasteiger partial charge on any atom is -0.493 e. The first kappa shape index (κ1) is 26.0. The van der Waals surface area contributed by atoms with Crippen molar-refractivity contribution in [2.24, 2.45) is 0 Å². The van der Waals surface area contributed by atoms with E-state index in [0.717, 1.165) is 29.1 Å². The van der Waals surface area contributed by atoms with Crippen LogP contribution in [0.4, 0.5) is 11.4 Å². The molecule has 39 heavy (non-hydrogen) atoms. The normalized spacial score (nSPS) is 14.1. The highest BCUT2D eigenvalue weighted by atomic mass is 16.5. The Hall–Kier alpha value is -4.66. The van der Waals surface area contributed by atoms with Gasteiger partial charge in [-0.3, -0.25) is 24.1 Å². The molecule has 0 fully saturated rings. The van der Waals surface area contributed by atoms with Gasteiger partial charge in [0.25, 0.3) is 17.7 Å². The van der Waals surface area contributed by atoms with Crippen molar-refractivity contribution >= 4 is 35.0 Å². The number of hydrogen-bond acceptors (Lipinski definition) is 6. The van der Waals surface area contributed by atoms with E-state index in [1.807, 2.05) is 31.2 Å². The Morgan fingerprint density at radius 1 is 0.897 bits per heavy atom. The lowest BCUT2D eigenvalue weighted by molar-refractivity contribution is -0.121. The third-order valence-electron chi connectivity index (χ3n) is 6.75. The van der Waals surface area contributed by atoms with Crippen LogP contribution >= 0.6 is 0 Å². The summed E-state index contributed by atoms with van der Waals surface area (Å²) in [5, 5.41) is 2.80. The Labute approximate surface area is 226 Å². The number of ether oxygens (including phenoxy) is 2. The second-order valence-corrected chi connectivity index (χ2v) is 9.44. The standard InChI is InChI=1S/C30H29N3O6/c1-20-8-2-5-11-25(20)38-17-7-6-15-32-24-18-21(12-13-26(24)39-19-28(32)35)31-27(34)14-16-33-29(36)22-9-3-4-10-23(22)30(33)37/h2-5,8-13,18H,6-7,14-17,19H2,1H3,(H,31,34). The molecule has 0 unspecified atom stereocenters. The zero-order valence-electron chi connectivity index (χ0n) is 21.6. The molecule has 0 atom stereocenters. The molecule has 0 spiro atoms. The molecule has 0 saturated carbocycles. The number of carbonyl (C=O) groups is 4. The highest BCUT2D eigenvalue weighted by Crippen LogP contribution is 2.35. The Morgan fingerprint density at radius 2 is 1.62 bits per heavy atom. The number of unbranched alkanes of at least 4 members (excludes halogenated alkanes) is 1. The molecule has 3 aromatic carbocycles. The van der Waals surface area contributed by atoms with Gasteiger partial charge in [0, 0.05) is 25.2 Å². The number of carbonyl (C=O) groups excluding carboxylic acids is 4. The predicted molar refractivity (Wildman–Crippen MR) is 145 cm³/mol. The molecule has 200 valence electrons. The van der Waals surface area contributed by atoms with E-state index in [1.165, 1.54) is 0 Å². The average molecular weight is 528 g/mol. The van der Waals surface area contributed by atoms with Crippen LogP contribution in [0.15, 0.2) is 66.7 Å². The third kappa shape index (κ3) is 5.62. The van der Waals surface area contributed by atoms with Crippen molar-refractivity contribution < 1.29 is 28.7 Å². The van der Waals surface area contributed by atoms with Crippen molar-refractivity contribution in [3.05, 3.63) is 83.4 Å². The van der Waals surface area contributed by atoms with Crippen LogP contribution in [0.2, 0.25) is 0 Å². The Morgan fingerprint density at radius 3 is 2.36 bits per heavy atom. The average Bonchev–Trinajstić information content (AvgIpc) is 3.18. The fourth-order valence-corrected chi connectivity index (χ4v) is 4.68. The van der Waals surface area contributed by atoms with E-state index in [1.54, 1.807) is 47.4 Å². The van der Waals surface area contributed by atoms with Gasteiger partial charge in [-0.15, -0.1) is 0 Å². The minimum atomic E-state index is -0.396. The highest BCUT2D eigenvalue weighted by molar-refractivity contribution is 6.21. The van der Waals surface area contributed by atoms with Gasteiger partial charge in [0.15, 0.2) is 6.61 Å². The van der Waals surface area contributed by atoms with Crippen molar-refractivity contribution in [3.8, 4) is 11.5 Å². The summed E-state index contributed by atoms with van der Waals surface area (Å²) >= 11 is 0. The topological polar surface area (TPSA) is 105 Å². The summed E-state index contributed by atoms with van der Waals surface area (Å²) < 4.78 is 11.4. The molecule has 9 heteroatoms. The third-order valence-corrected chi connectivity index (χ3v) is 6.75. The maximum Gasteiger partial charge on any atom is 0.265 e. The fraction of sp³-hybridized carbons (Fsp3) is 0.267. The lowest BCUT2D eigenvalue weighted by atomic mass is 10.1. The Bertz CT molecular complexity index is 1400. The van der Waals surface area contributed by atoms with Crippen LogP contribution in [0, 0.1) is 6.92 Å². The first-order valence-corrected chi connectivity index (χ1v) is 12.9. The van der Waals surface area contributed by atoms with Crippen molar-refractivity contribution in [2.45, 2.75) is 26.2 Å². The van der Waals surface area contributed by atoms with E-state index >= 15 is 0 Å². The van der Waals surface area contributed by atoms with E-state index in [0.29, 0.717) is 41.4 Å². The maximum atomic E-state index is 12.7. The van der Waals surface area contributed by atoms with Crippen molar-refractivity contribution in [1.82, 2.24) is 4.90 Å². The molecule has 3 aromatic rings. The lowest BCUT2D eigenvalue weighted by Gasteiger charge is -2.30. The largest absolute Gasteiger partial charge is 0.493 e. The molecule has 0 aromatic heterocycles. The molecule has 9 nitrogen and oxygen atoms in total. The van der Waals surface area contributed by atoms with Gasteiger partial charge < -0.3 is 19.7 Å². The summed E-state index contributed by atoms with van der Waals surface area (Å²) in [6, 6.07) is 19.6. The number of fused-ring (bicyclic) bond motifs is 2. The van der Waals surface area contributed by atoms with Gasteiger partial charge >= 0.3 is 0 Å². The molecule has 4 amide bonds. The molecule has 2 aliphatic rings. The number of para-hydroxylation sites is 1. The molecular weight excluding hydrogens is 498 g/mol. The molecule has 2 aliphatic heterocycles. The van der Waals surface area contributed by atoms with Gasteiger partial charge in [0.1, 0.15) is 11.5 Å². The number of rotatable bonds is 10. The number of nitrogens with zero attached hydrogens (tertiary/aromatic N) is 2. The molecule has 0 radical (unpaired) electrons. The van der Waals surface area contributed by atoms with Crippen LogP contribution in [-0.2, 0) is 9.59 Å². The Balaban J connectivity index is 1.15. The molecule has 5 rings (SSSR count). The number of imide groups is 1. The maximum absolute atomic E-state index is 12.7. The Kier molecular flexibility index (Phi) is 7.58. The van der Waals surface area contributed by atoms with Gasteiger partial charge in [-0.1, -0.05) is 30.3 Å². The summed E-state index contributed by atoms with van der Waals surface area (Å²) in [5.41, 5.74) is 2.86. The lowest BCUT2D eigenvalue weighted by Crippen LogP contribution is -2.39. The van der Waals surface area contributed by atoms with Crippen LogP contribution in [0.25, 0.3) is 0 Å². The fourth-order valence-electron chi connectivity index (χ4n) is 4.68. The van der Waals surface area contributed by atoms with Crippen molar-refractivity contribution in [3.63, 3.8) is 0 Å². The van der Waals surface area contributed by atoms with E-state index in [-0.39, 0.29) is 31.4 Å². The molecule has 0 aliphatic carbocycles. The van der Waals surface area contributed by atoms with Gasteiger partial charge in [0.2, 0.25) is 5.91 Å². The summed E-state index contributed by atoms with van der Waals surface area (Å²) in [7, 11) is 0. The van der Waals surface area contributed by atoms with E-state index in [2.05, 4.69) is 5.32 Å². The predicted octanol–water partition coefficient (Wildman–Crippen LogP) is 4.20. The summed E-state index contributed by atoms with van der Waals surface area (Å²) in [6.07, 6.45) is 1.44. The van der Waals surface area contributed by atoms with Crippen molar-refractivity contribution in [2.75, 3.05) is 36.5 Å². The van der Waals surface area contributed by atoms with Crippen LogP contribution in [0.5, 0.6) is 11.5 Å². The minimum absolute atomic E-state index is 0.0264. The molecule has 2 heterocycles. The number of benzene rings is 3. The summed E-state index contributed by atoms with van der Waals surface area (Å²) in [5.74, 6) is 0.120. The van der Waals surface area contributed by atoms with Crippen molar-refractivity contribution in [1.29, 1.82) is 0 Å². The van der Waals surface area contributed by atoms with Gasteiger partial charge in [-0.05, 0) is 61.7 Å². The highest BCUT2D eigenvalue weighted by Gasteiger charge is 2.35. The van der Waals surface area contributed by atoms with E-state index in [4.69, 9.17) is 9.47 Å². The van der Waals surface area contributed by atoms with E-state index < -0.39 is 11.8 Å². The second kappa shape index (κ2) is 11.4. The zero-order valence-corrected chi connectivity index (χ0v) is 21.6. The van der Waals surface area contributed by atoms with Crippen LogP contribution in [0.3, 0.4) is 0 Å². The molecule has 0 bridgehead atoms. The number of anilines is 2. The van der Waals surface area contributed by atoms with E-state index in [9.17, 15) is 19.2 Å². The SMILES string of the molecule is Cc1ccccc1OCCCCN1C(=O)COc2ccc(NC(=O)CCN3C(=O)c4ccccc4C3=O)cc21. The van der Waals surface area contributed by atoms with Gasteiger partial charge in [0.05, 0.1) is 23.4 Å². The number of amides is 4. The summed E-state index contributed by atoms with van der Waals surface area (Å²) in [6.45, 7) is 2.96. The first-order valence-electron chi connectivity index (χ1n) is 12.9. The smallest absolute Gasteiger partial charge is 0.265 e. The zero-order chi connectivity index (χ0) is 27.4. The van der Waals surface area contributed by atoms with Crippen LogP contribution < -0.4 is 19.7 Å². The molecule has 1 N–H and O–H groups in total. The number of aryl methyl sites for hydroxylation is 1. The molecule has 0 saturated heterocycles. The monoisotopic (exact) mass is 527 g/mol. The van der Waals surface area contributed by atoms with Gasteiger partial charge in [-0.2, -0.15) is 0 Å². The second-order valence-electron chi connectivity index (χ2n) is 9.44.